The smallest absolute Gasteiger partial charge is 0.137 e. The van der Waals surface area contributed by atoms with Crippen molar-refractivity contribution in [1.29, 1.82) is 0 Å². The highest BCUT2D eigenvalue weighted by Crippen LogP contribution is 2.41. The topological polar surface area (TPSA) is 56.2 Å². The Kier molecular flexibility index (Phi) is 3.52. The van der Waals surface area contributed by atoms with E-state index < -0.39 is 0 Å². The Morgan fingerprint density at radius 1 is 1.10 bits per heavy atom. The van der Waals surface area contributed by atoms with Gasteiger partial charge in [0.25, 0.3) is 0 Å². The SMILES string of the molecule is CCC(c1cc(Cl)c(O)cc1O)c1c[nH]c2ccccc12. The van der Waals surface area contributed by atoms with Crippen molar-refractivity contribution in [2.45, 2.75) is 19.3 Å². The van der Waals surface area contributed by atoms with E-state index in [-0.39, 0.29) is 22.4 Å². The number of phenols is 2. The molecule has 3 nitrogen and oxygen atoms in total. The minimum absolute atomic E-state index is 0.0132. The lowest BCUT2D eigenvalue weighted by Crippen LogP contribution is -1.99. The van der Waals surface area contributed by atoms with Gasteiger partial charge in [0, 0.05) is 34.6 Å². The molecule has 0 saturated carbocycles. The summed E-state index contributed by atoms with van der Waals surface area (Å²) in [6.45, 7) is 2.06. The zero-order valence-corrected chi connectivity index (χ0v) is 12.4. The van der Waals surface area contributed by atoms with Crippen molar-refractivity contribution in [3.8, 4) is 11.5 Å². The number of fused-ring (bicyclic) bond motifs is 1. The number of H-pyrrole nitrogens is 1. The van der Waals surface area contributed by atoms with E-state index in [0.29, 0.717) is 0 Å². The van der Waals surface area contributed by atoms with Crippen molar-refractivity contribution in [2.75, 3.05) is 0 Å². The second kappa shape index (κ2) is 5.34. The first kappa shape index (κ1) is 13.8. The van der Waals surface area contributed by atoms with Crippen LogP contribution in [0.2, 0.25) is 5.02 Å². The normalized spacial score (nSPS) is 12.7. The van der Waals surface area contributed by atoms with E-state index in [9.17, 15) is 10.2 Å². The van der Waals surface area contributed by atoms with Gasteiger partial charge in [0.05, 0.1) is 5.02 Å². The molecule has 3 aromatic rings. The van der Waals surface area contributed by atoms with Crippen molar-refractivity contribution in [1.82, 2.24) is 4.98 Å². The van der Waals surface area contributed by atoms with Crippen LogP contribution in [0.15, 0.2) is 42.6 Å². The molecule has 0 aliphatic heterocycles. The van der Waals surface area contributed by atoms with Gasteiger partial charge in [0.1, 0.15) is 11.5 Å². The highest BCUT2D eigenvalue weighted by molar-refractivity contribution is 6.32. The third kappa shape index (κ3) is 2.34. The zero-order chi connectivity index (χ0) is 15.0. The summed E-state index contributed by atoms with van der Waals surface area (Å²) in [5.74, 6) is -0.0278. The van der Waals surface area contributed by atoms with Crippen molar-refractivity contribution in [2.24, 2.45) is 0 Å². The van der Waals surface area contributed by atoms with E-state index in [1.807, 2.05) is 24.4 Å². The third-order valence-electron chi connectivity index (χ3n) is 3.88. The van der Waals surface area contributed by atoms with Crippen LogP contribution in [0.1, 0.15) is 30.4 Å². The number of aromatic nitrogens is 1. The van der Waals surface area contributed by atoms with E-state index in [0.717, 1.165) is 28.5 Å². The van der Waals surface area contributed by atoms with Crippen LogP contribution in [-0.4, -0.2) is 15.2 Å². The fraction of sp³-hybridized carbons (Fsp3) is 0.176. The van der Waals surface area contributed by atoms with Gasteiger partial charge in [0.2, 0.25) is 0 Å². The lowest BCUT2D eigenvalue weighted by Gasteiger charge is -2.17. The summed E-state index contributed by atoms with van der Waals surface area (Å²) in [4.78, 5) is 3.25. The largest absolute Gasteiger partial charge is 0.508 e. The second-order valence-electron chi connectivity index (χ2n) is 5.11. The van der Waals surface area contributed by atoms with Crippen LogP contribution in [0.25, 0.3) is 10.9 Å². The molecule has 1 heterocycles. The number of aromatic hydroxyl groups is 2. The molecular weight excluding hydrogens is 286 g/mol. The molecule has 0 saturated heterocycles. The summed E-state index contributed by atoms with van der Waals surface area (Å²) in [6.07, 6.45) is 2.79. The number of hydrogen-bond acceptors (Lipinski definition) is 2. The Balaban J connectivity index is 2.17. The molecule has 0 radical (unpaired) electrons. The molecule has 3 rings (SSSR count). The standard InChI is InChI=1S/C17H16ClNO2/c1-2-10(12-7-14(18)17(21)8-16(12)20)13-9-19-15-6-4-3-5-11(13)15/h3-10,19-21H,2H2,1H3. The minimum atomic E-state index is -0.105. The predicted molar refractivity (Wildman–Crippen MR) is 85.2 cm³/mol. The van der Waals surface area contributed by atoms with Crippen molar-refractivity contribution in [3.05, 3.63) is 58.7 Å². The van der Waals surface area contributed by atoms with Gasteiger partial charge < -0.3 is 15.2 Å². The van der Waals surface area contributed by atoms with Crippen LogP contribution in [0, 0.1) is 0 Å². The summed E-state index contributed by atoms with van der Waals surface area (Å²) >= 11 is 6.00. The Labute approximate surface area is 127 Å². The van der Waals surface area contributed by atoms with Gasteiger partial charge in [-0.3, -0.25) is 0 Å². The van der Waals surface area contributed by atoms with E-state index in [2.05, 4.69) is 18.0 Å². The molecule has 1 unspecified atom stereocenters. The number of para-hydroxylation sites is 1. The fourth-order valence-corrected chi connectivity index (χ4v) is 3.01. The molecule has 1 atom stereocenters. The number of halogens is 1. The van der Waals surface area contributed by atoms with E-state index in [1.54, 1.807) is 6.07 Å². The Bertz CT molecular complexity index is 795. The second-order valence-corrected chi connectivity index (χ2v) is 5.52. The van der Waals surface area contributed by atoms with Crippen LogP contribution in [0.5, 0.6) is 11.5 Å². The van der Waals surface area contributed by atoms with E-state index in [1.165, 1.54) is 6.07 Å². The third-order valence-corrected chi connectivity index (χ3v) is 4.18. The molecule has 0 spiro atoms. The molecular formula is C17H16ClNO2. The number of phenolic OH excluding ortho intramolecular Hbond substituents is 2. The van der Waals surface area contributed by atoms with Crippen LogP contribution in [0.3, 0.4) is 0 Å². The molecule has 0 bridgehead atoms. The first-order valence-electron chi connectivity index (χ1n) is 6.89. The van der Waals surface area contributed by atoms with Crippen molar-refractivity contribution in [3.63, 3.8) is 0 Å². The fourth-order valence-electron chi connectivity index (χ4n) is 2.83. The summed E-state index contributed by atoms with van der Waals surface area (Å²) in [7, 11) is 0. The summed E-state index contributed by atoms with van der Waals surface area (Å²) in [5.41, 5.74) is 2.91. The van der Waals surface area contributed by atoms with Gasteiger partial charge in [-0.05, 0) is 24.1 Å². The van der Waals surface area contributed by atoms with E-state index >= 15 is 0 Å². The summed E-state index contributed by atoms with van der Waals surface area (Å²) in [6, 6.07) is 11.0. The van der Waals surface area contributed by atoms with Gasteiger partial charge in [0.15, 0.2) is 0 Å². The van der Waals surface area contributed by atoms with Crippen molar-refractivity contribution >= 4 is 22.5 Å². The van der Waals surface area contributed by atoms with Crippen molar-refractivity contribution < 1.29 is 10.2 Å². The number of hydrogen-bond donors (Lipinski definition) is 3. The Morgan fingerprint density at radius 2 is 1.86 bits per heavy atom. The van der Waals surface area contributed by atoms with Gasteiger partial charge in [-0.15, -0.1) is 0 Å². The zero-order valence-electron chi connectivity index (χ0n) is 11.6. The lowest BCUT2D eigenvalue weighted by molar-refractivity contribution is 0.443. The Hall–Kier alpha value is -2.13. The van der Waals surface area contributed by atoms with Crippen LogP contribution in [0.4, 0.5) is 0 Å². The van der Waals surface area contributed by atoms with Crippen LogP contribution < -0.4 is 0 Å². The van der Waals surface area contributed by atoms with Crippen LogP contribution >= 0.6 is 11.6 Å². The monoisotopic (exact) mass is 301 g/mol. The molecule has 0 aliphatic rings. The van der Waals surface area contributed by atoms with Gasteiger partial charge >= 0.3 is 0 Å². The Morgan fingerprint density at radius 3 is 2.62 bits per heavy atom. The number of rotatable bonds is 3. The molecule has 0 amide bonds. The molecule has 21 heavy (non-hydrogen) atoms. The minimum Gasteiger partial charge on any atom is -0.508 e. The molecule has 2 aromatic carbocycles. The number of nitrogens with one attached hydrogen (secondary N) is 1. The number of aromatic amines is 1. The summed E-state index contributed by atoms with van der Waals surface area (Å²) < 4.78 is 0. The molecule has 0 fully saturated rings. The lowest BCUT2D eigenvalue weighted by atomic mass is 9.88. The molecule has 0 aliphatic carbocycles. The maximum absolute atomic E-state index is 10.2. The quantitative estimate of drug-likeness (QED) is 0.652. The van der Waals surface area contributed by atoms with Crippen LogP contribution in [-0.2, 0) is 0 Å². The van der Waals surface area contributed by atoms with Gasteiger partial charge in [-0.25, -0.2) is 0 Å². The first-order chi connectivity index (χ1) is 10.1. The first-order valence-corrected chi connectivity index (χ1v) is 7.27. The molecule has 4 heteroatoms. The summed E-state index contributed by atoms with van der Waals surface area (Å²) in [5, 5.41) is 21.1. The predicted octanol–water partition coefficient (Wildman–Crippen LogP) is 4.77. The molecule has 1 aromatic heterocycles. The number of benzene rings is 2. The average molecular weight is 302 g/mol. The molecule has 108 valence electrons. The van der Waals surface area contributed by atoms with Gasteiger partial charge in [-0.1, -0.05) is 36.7 Å². The maximum atomic E-state index is 10.2. The van der Waals surface area contributed by atoms with Gasteiger partial charge in [-0.2, -0.15) is 0 Å². The molecule has 3 N–H and O–H groups in total. The maximum Gasteiger partial charge on any atom is 0.137 e. The highest BCUT2D eigenvalue weighted by atomic mass is 35.5. The average Bonchev–Trinajstić information content (AvgIpc) is 2.89. The van der Waals surface area contributed by atoms with E-state index in [4.69, 9.17) is 11.6 Å². The highest BCUT2D eigenvalue weighted by Gasteiger charge is 2.20.